The minimum absolute atomic E-state index is 0.0125. The van der Waals surface area contributed by atoms with Crippen LogP contribution in [0.5, 0.6) is 0 Å². The van der Waals surface area contributed by atoms with E-state index >= 15 is 0 Å². The molecule has 0 spiro atoms. The highest BCUT2D eigenvalue weighted by atomic mass is 19.1. The summed E-state index contributed by atoms with van der Waals surface area (Å²) in [5.41, 5.74) is 0.509. The normalized spacial score (nSPS) is 33.0. The van der Waals surface area contributed by atoms with Gasteiger partial charge in [0, 0.05) is 18.2 Å². The molecule has 5 fully saturated rings. The molecule has 0 aromatic heterocycles. The Labute approximate surface area is 165 Å². The molecule has 0 radical (unpaired) electrons. The van der Waals surface area contributed by atoms with Crippen molar-refractivity contribution in [1.82, 2.24) is 4.90 Å². The largest absolute Gasteiger partial charge is 0.455 e. The summed E-state index contributed by atoms with van der Waals surface area (Å²) in [7, 11) is 0. The molecule has 6 rings (SSSR count). The summed E-state index contributed by atoms with van der Waals surface area (Å²) in [5.74, 6) is 1.83. The third-order valence-corrected chi connectivity index (χ3v) is 7.44. The molecule has 0 heterocycles. The molecule has 4 nitrogen and oxygen atoms in total. The Balaban J connectivity index is 1.20. The molecular weight excluding hydrogens is 357 g/mol. The van der Waals surface area contributed by atoms with Crippen LogP contribution < -0.4 is 0 Å². The molecule has 4 bridgehead atoms. The van der Waals surface area contributed by atoms with Crippen LogP contribution >= 0.6 is 0 Å². The molecule has 0 aliphatic heterocycles. The summed E-state index contributed by atoms with van der Waals surface area (Å²) >= 11 is 0. The van der Waals surface area contributed by atoms with E-state index in [4.69, 9.17) is 4.74 Å². The predicted octanol–water partition coefficient (Wildman–Crippen LogP) is 3.93. The van der Waals surface area contributed by atoms with E-state index in [1.165, 1.54) is 12.5 Å². The van der Waals surface area contributed by atoms with Gasteiger partial charge in [-0.3, -0.25) is 9.59 Å². The van der Waals surface area contributed by atoms with Crippen molar-refractivity contribution in [3.8, 4) is 0 Å². The van der Waals surface area contributed by atoms with E-state index in [2.05, 4.69) is 0 Å². The molecule has 0 N–H and O–H groups in total. The SMILES string of the molecule is O=C(OCC(=O)N(Cc1ccccc1F)C1CC1)C1C2CC3CC(C2)CC1C3. The number of hydrogen-bond donors (Lipinski definition) is 0. The lowest BCUT2D eigenvalue weighted by molar-refractivity contribution is -0.166. The maximum Gasteiger partial charge on any atom is 0.310 e. The van der Waals surface area contributed by atoms with Gasteiger partial charge in [0.15, 0.2) is 6.61 Å². The molecule has 150 valence electrons. The van der Waals surface area contributed by atoms with Gasteiger partial charge in [-0.25, -0.2) is 4.39 Å². The first-order chi connectivity index (χ1) is 13.6. The third-order valence-electron chi connectivity index (χ3n) is 7.44. The first-order valence-electron chi connectivity index (χ1n) is 10.8. The molecule has 1 amide bonds. The van der Waals surface area contributed by atoms with Gasteiger partial charge in [-0.15, -0.1) is 0 Å². The summed E-state index contributed by atoms with van der Waals surface area (Å²) in [6.07, 6.45) is 7.84. The first-order valence-corrected chi connectivity index (χ1v) is 10.8. The standard InChI is InChI=1S/C23H28FNO3/c24-20-4-2-1-3-16(20)12-25(19-5-6-19)21(26)13-28-23(27)22-17-8-14-7-15(10-17)11-18(22)9-14/h1-4,14-15,17-19,22H,5-13H2. The van der Waals surface area contributed by atoms with Crippen LogP contribution in [0.25, 0.3) is 0 Å². The van der Waals surface area contributed by atoms with E-state index in [0.717, 1.165) is 50.4 Å². The van der Waals surface area contributed by atoms with Gasteiger partial charge in [0.05, 0.1) is 5.92 Å². The van der Waals surface area contributed by atoms with Crippen molar-refractivity contribution in [2.45, 2.75) is 57.5 Å². The Hall–Kier alpha value is -1.91. The van der Waals surface area contributed by atoms with Gasteiger partial charge in [0.2, 0.25) is 0 Å². The lowest BCUT2D eigenvalue weighted by atomic mass is 9.52. The van der Waals surface area contributed by atoms with Gasteiger partial charge in [0.25, 0.3) is 5.91 Å². The Bertz CT molecular complexity index is 747. The number of rotatable bonds is 6. The van der Waals surface area contributed by atoms with Gasteiger partial charge >= 0.3 is 5.97 Å². The maximum atomic E-state index is 14.0. The van der Waals surface area contributed by atoms with E-state index in [1.54, 1.807) is 23.1 Å². The van der Waals surface area contributed by atoms with Gasteiger partial charge in [-0.05, 0) is 74.7 Å². The quantitative estimate of drug-likeness (QED) is 0.697. The van der Waals surface area contributed by atoms with Crippen molar-refractivity contribution in [2.75, 3.05) is 6.61 Å². The van der Waals surface area contributed by atoms with E-state index < -0.39 is 0 Å². The fraction of sp³-hybridized carbons (Fsp3) is 0.652. The number of hydrogen-bond acceptors (Lipinski definition) is 3. The highest BCUT2D eigenvalue weighted by molar-refractivity contribution is 5.82. The number of carbonyl (C=O) groups excluding carboxylic acids is 2. The summed E-state index contributed by atoms with van der Waals surface area (Å²) in [6, 6.07) is 6.69. The molecule has 1 aromatic rings. The van der Waals surface area contributed by atoms with Crippen LogP contribution in [-0.2, 0) is 20.9 Å². The third kappa shape index (κ3) is 3.44. The molecule has 5 aliphatic rings. The Morgan fingerprint density at radius 3 is 2.25 bits per heavy atom. The molecule has 5 aliphatic carbocycles. The Morgan fingerprint density at radius 2 is 1.64 bits per heavy atom. The van der Waals surface area contributed by atoms with Crippen LogP contribution in [0.3, 0.4) is 0 Å². The average Bonchev–Trinajstić information content (AvgIpc) is 3.49. The van der Waals surface area contributed by atoms with Gasteiger partial charge in [-0.2, -0.15) is 0 Å². The zero-order valence-corrected chi connectivity index (χ0v) is 16.2. The van der Waals surface area contributed by atoms with Crippen LogP contribution in [0.15, 0.2) is 24.3 Å². The molecule has 0 saturated heterocycles. The Kier molecular flexibility index (Phi) is 4.64. The van der Waals surface area contributed by atoms with Crippen molar-refractivity contribution >= 4 is 11.9 Å². The van der Waals surface area contributed by atoms with Gasteiger partial charge < -0.3 is 9.64 Å². The summed E-state index contributed by atoms with van der Waals surface area (Å²) in [6.45, 7) is 0.0261. The predicted molar refractivity (Wildman–Crippen MR) is 101 cm³/mol. The van der Waals surface area contributed by atoms with Crippen molar-refractivity contribution in [3.63, 3.8) is 0 Å². The maximum absolute atomic E-state index is 14.0. The molecular formula is C23H28FNO3. The van der Waals surface area contributed by atoms with E-state index in [0.29, 0.717) is 17.4 Å². The number of carbonyl (C=O) groups is 2. The fourth-order valence-electron chi connectivity index (χ4n) is 6.24. The van der Waals surface area contributed by atoms with E-state index in [-0.39, 0.29) is 42.8 Å². The van der Waals surface area contributed by atoms with E-state index in [9.17, 15) is 14.0 Å². The topological polar surface area (TPSA) is 46.6 Å². The molecule has 28 heavy (non-hydrogen) atoms. The van der Waals surface area contributed by atoms with Crippen LogP contribution in [0.2, 0.25) is 0 Å². The van der Waals surface area contributed by atoms with Crippen LogP contribution in [0.4, 0.5) is 4.39 Å². The zero-order valence-electron chi connectivity index (χ0n) is 16.2. The van der Waals surface area contributed by atoms with E-state index in [1.807, 2.05) is 0 Å². The van der Waals surface area contributed by atoms with Crippen LogP contribution in [0.1, 0.15) is 50.5 Å². The smallest absolute Gasteiger partial charge is 0.310 e. The Morgan fingerprint density at radius 1 is 1.00 bits per heavy atom. The zero-order chi connectivity index (χ0) is 19.3. The van der Waals surface area contributed by atoms with Crippen molar-refractivity contribution in [3.05, 3.63) is 35.6 Å². The molecule has 0 unspecified atom stereocenters. The highest BCUT2D eigenvalue weighted by Crippen LogP contribution is 2.56. The van der Waals surface area contributed by atoms with Crippen molar-refractivity contribution < 1.29 is 18.7 Å². The summed E-state index contributed by atoms with van der Waals surface area (Å²) < 4.78 is 19.5. The number of nitrogens with zero attached hydrogens (tertiary/aromatic N) is 1. The highest BCUT2D eigenvalue weighted by Gasteiger charge is 2.51. The number of amides is 1. The lowest BCUT2D eigenvalue weighted by Crippen LogP contribution is -2.49. The van der Waals surface area contributed by atoms with Crippen molar-refractivity contribution in [2.24, 2.45) is 29.6 Å². The first kappa shape index (κ1) is 18.1. The average molecular weight is 385 g/mol. The summed E-state index contributed by atoms with van der Waals surface area (Å²) in [4.78, 5) is 27.2. The minimum Gasteiger partial charge on any atom is -0.455 e. The monoisotopic (exact) mass is 385 g/mol. The molecule has 5 saturated carbocycles. The summed E-state index contributed by atoms with van der Waals surface area (Å²) in [5, 5.41) is 0. The second-order valence-electron chi connectivity index (χ2n) is 9.41. The molecule has 1 aromatic carbocycles. The number of halogens is 1. The fourth-order valence-corrected chi connectivity index (χ4v) is 6.24. The lowest BCUT2D eigenvalue weighted by Gasteiger charge is -2.53. The molecule has 5 heteroatoms. The number of benzene rings is 1. The molecule has 0 atom stereocenters. The minimum atomic E-state index is -0.299. The van der Waals surface area contributed by atoms with Crippen LogP contribution in [0, 0.1) is 35.4 Å². The van der Waals surface area contributed by atoms with Crippen LogP contribution in [-0.4, -0.2) is 29.4 Å². The second kappa shape index (κ2) is 7.16. The second-order valence-corrected chi connectivity index (χ2v) is 9.41. The number of ether oxygens (including phenoxy) is 1. The van der Waals surface area contributed by atoms with Crippen molar-refractivity contribution in [1.29, 1.82) is 0 Å². The van der Waals surface area contributed by atoms with Gasteiger partial charge in [-0.1, -0.05) is 18.2 Å². The van der Waals surface area contributed by atoms with Gasteiger partial charge in [0.1, 0.15) is 5.82 Å². The number of esters is 1.